The average Bonchev–Trinajstić information content (AvgIpc) is 1.65. The Hall–Kier alpha value is -0.520. The minimum absolute atomic E-state index is 0. The molecule has 0 nitrogen and oxygen atoms in total. The highest BCUT2D eigenvalue weighted by molar-refractivity contribution is 4.88. The van der Waals surface area contributed by atoms with Crippen LogP contribution in [0.25, 0.3) is 0 Å². The first-order chi connectivity index (χ1) is 4.00. The first kappa shape index (κ1) is 16.2. The third-order valence-electron chi connectivity index (χ3n) is 0.577. The van der Waals surface area contributed by atoms with Gasteiger partial charge in [-0.3, -0.25) is 0 Å². The normalized spacial score (nSPS) is 6.10. The van der Waals surface area contributed by atoms with Gasteiger partial charge in [0.2, 0.25) is 0 Å². The molecule has 0 aliphatic carbocycles. The fraction of sp³-hybridized carbons (Fsp3) is 0.600. The van der Waals surface area contributed by atoms with E-state index in [2.05, 4.69) is 26.5 Å². The summed E-state index contributed by atoms with van der Waals surface area (Å²) in [7, 11) is 0. The van der Waals surface area contributed by atoms with Crippen LogP contribution in [0.1, 0.15) is 42.0 Å². The van der Waals surface area contributed by atoms with Gasteiger partial charge in [-0.2, -0.15) is 0 Å². The van der Waals surface area contributed by atoms with Gasteiger partial charge in [-0.25, -0.2) is 0 Å². The molecule has 0 saturated heterocycles. The van der Waals surface area contributed by atoms with Crippen molar-refractivity contribution >= 4 is 0 Å². The van der Waals surface area contributed by atoms with E-state index in [-0.39, 0.29) is 7.43 Å². The first-order valence-corrected chi connectivity index (χ1v) is 3.22. The van der Waals surface area contributed by atoms with Crippen molar-refractivity contribution in [3.63, 3.8) is 0 Å². The summed E-state index contributed by atoms with van der Waals surface area (Å²) in [5, 5.41) is 0. The molecule has 0 radical (unpaired) electrons. The van der Waals surface area contributed by atoms with Crippen LogP contribution in [0.15, 0.2) is 23.8 Å². The van der Waals surface area contributed by atoms with Crippen molar-refractivity contribution in [2.75, 3.05) is 0 Å². The van der Waals surface area contributed by atoms with Crippen molar-refractivity contribution in [2.45, 2.75) is 42.0 Å². The summed E-state index contributed by atoms with van der Waals surface area (Å²) < 4.78 is 0. The smallest absolute Gasteiger partial charge is 0.0442 e. The third kappa shape index (κ3) is 143. The van der Waals surface area contributed by atoms with Crippen LogP contribution in [0.4, 0.5) is 0 Å². The SMILES string of the molecule is C.C=C(C)C.CC=C(C)C. The lowest BCUT2D eigenvalue weighted by Gasteiger charge is -1.74. The van der Waals surface area contributed by atoms with E-state index in [0.717, 1.165) is 0 Å². The van der Waals surface area contributed by atoms with Crippen LogP contribution in [0.2, 0.25) is 0 Å². The van der Waals surface area contributed by atoms with Crippen molar-refractivity contribution in [3.05, 3.63) is 23.8 Å². The predicted molar refractivity (Wildman–Crippen MR) is 52.3 cm³/mol. The summed E-state index contributed by atoms with van der Waals surface area (Å²) in [5.41, 5.74) is 2.55. The summed E-state index contributed by atoms with van der Waals surface area (Å²) in [4.78, 5) is 0. The molecule has 0 aromatic heterocycles. The second kappa shape index (κ2) is 11.3. The van der Waals surface area contributed by atoms with Gasteiger partial charge < -0.3 is 0 Å². The van der Waals surface area contributed by atoms with Crippen molar-refractivity contribution < 1.29 is 0 Å². The molecule has 0 heterocycles. The second-order valence-corrected chi connectivity index (χ2v) is 2.57. The zero-order valence-corrected chi connectivity index (χ0v) is 7.28. The molecule has 0 fully saturated rings. The lowest BCUT2D eigenvalue weighted by atomic mass is 10.3. The fourth-order valence-electron chi connectivity index (χ4n) is 0. The Morgan fingerprint density at radius 2 is 1.20 bits per heavy atom. The van der Waals surface area contributed by atoms with E-state index >= 15 is 0 Å². The second-order valence-electron chi connectivity index (χ2n) is 2.57. The molecule has 10 heavy (non-hydrogen) atoms. The summed E-state index contributed by atoms with van der Waals surface area (Å²) in [6.07, 6.45) is 2.08. The standard InChI is InChI=1S/C5H10.C4H8.CH4/c1-4-5(2)3;1-4(2)3;/h4H,1-3H3;1H2,2-3H3;1H4. The lowest BCUT2D eigenvalue weighted by Crippen LogP contribution is -1.52. The van der Waals surface area contributed by atoms with E-state index in [0.29, 0.717) is 0 Å². The molecule has 0 atom stereocenters. The molecular weight excluding hydrogens is 120 g/mol. The van der Waals surface area contributed by atoms with E-state index < -0.39 is 0 Å². The molecule has 0 saturated carbocycles. The average molecular weight is 142 g/mol. The largest absolute Gasteiger partial charge is 0.100 e. The van der Waals surface area contributed by atoms with E-state index in [1.165, 1.54) is 11.1 Å². The Morgan fingerprint density at radius 1 is 1.10 bits per heavy atom. The molecule has 0 aliphatic heterocycles. The van der Waals surface area contributed by atoms with Gasteiger partial charge in [0.05, 0.1) is 0 Å². The Bertz CT molecular complexity index is 88.6. The summed E-state index contributed by atoms with van der Waals surface area (Å²) >= 11 is 0. The molecule has 0 aliphatic rings. The van der Waals surface area contributed by atoms with Gasteiger partial charge in [-0.05, 0) is 34.6 Å². The van der Waals surface area contributed by atoms with E-state index in [1.807, 2.05) is 20.8 Å². The molecule has 0 unspecified atom stereocenters. The first-order valence-electron chi connectivity index (χ1n) is 3.22. The van der Waals surface area contributed by atoms with Crippen LogP contribution >= 0.6 is 0 Å². The summed E-state index contributed by atoms with van der Waals surface area (Å²) in [5.74, 6) is 0. The molecule has 0 aromatic rings. The van der Waals surface area contributed by atoms with Crippen LogP contribution in [0.3, 0.4) is 0 Å². The van der Waals surface area contributed by atoms with E-state index in [4.69, 9.17) is 0 Å². The highest BCUT2D eigenvalue weighted by Crippen LogP contribution is 1.82. The van der Waals surface area contributed by atoms with Crippen LogP contribution in [0, 0.1) is 0 Å². The molecular formula is C10H22. The minimum atomic E-state index is 0. The Balaban J connectivity index is -0.0000000910. The minimum Gasteiger partial charge on any atom is -0.100 e. The zero-order valence-electron chi connectivity index (χ0n) is 7.28. The van der Waals surface area contributed by atoms with Crippen molar-refractivity contribution in [1.29, 1.82) is 0 Å². The molecule has 0 amide bonds. The van der Waals surface area contributed by atoms with Gasteiger partial charge in [0.25, 0.3) is 0 Å². The van der Waals surface area contributed by atoms with Crippen LogP contribution in [-0.4, -0.2) is 0 Å². The Labute approximate surface area is 66.7 Å². The highest BCUT2D eigenvalue weighted by atomic mass is 13.7. The molecule has 0 aromatic carbocycles. The molecule has 62 valence electrons. The van der Waals surface area contributed by atoms with Gasteiger partial charge >= 0.3 is 0 Å². The molecule has 0 bridgehead atoms. The van der Waals surface area contributed by atoms with Gasteiger partial charge in [0.1, 0.15) is 0 Å². The molecule has 0 rings (SSSR count). The van der Waals surface area contributed by atoms with E-state index in [1.54, 1.807) is 0 Å². The van der Waals surface area contributed by atoms with Crippen molar-refractivity contribution in [3.8, 4) is 0 Å². The number of allylic oxidation sites excluding steroid dienone is 3. The van der Waals surface area contributed by atoms with Gasteiger partial charge in [-0.1, -0.05) is 24.6 Å². The predicted octanol–water partition coefficient (Wildman–Crippen LogP) is 4.19. The maximum Gasteiger partial charge on any atom is -0.0442 e. The molecule has 0 N–H and O–H groups in total. The van der Waals surface area contributed by atoms with Crippen molar-refractivity contribution in [2.24, 2.45) is 0 Å². The monoisotopic (exact) mass is 142 g/mol. The number of hydrogen-bond acceptors (Lipinski definition) is 0. The van der Waals surface area contributed by atoms with E-state index in [9.17, 15) is 0 Å². The Morgan fingerprint density at radius 3 is 1.20 bits per heavy atom. The quantitative estimate of drug-likeness (QED) is 0.445. The molecule has 0 spiro atoms. The molecule has 0 heteroatoms. The Kier molecular flexibility index (Phi) is 18.3. The number of rotatable bonds is 0. The van der Waals surface area contributed by atoms with Crippen LogP contribution in [0.5, 0.6) is 0 Å². The summed E-state index contributed by atoms with van der Waals surface area (Å²) in [6, 6.07) is 0. The third-order valence-corrected chi connectivity index (χ3v) is 0.577. The zero-order chi connectivity index (χ0) is 7.86. The lowest BCUT2D eigenvalue weighted by molar-refractivity contribution is 1.36. The topological polar surface area (TPSA) is 0 Å². The van der Waals surface area contributed by atoms with Gasteiger partial charge in [-0.15, -0.1) is 6.58 Å². The highest BCUT2D eigenvalue weighted by Gasteiger charge is 1.60. The van der Waals surface area contributed by atoms with Gasteiger partial charge in [0.15, 0.2) is 0 Å². The number of hydrogen-bond donors (Lipinski definition) is 0. The van der Waals surface area contributed by atoms with Crippen LogP contribution < -0.4 is 0 Å². The maximum atomic E-state index is 3.56. The van der Waals surface area contributed by atoms with Crippen LogP contribution in [-0.2, 0) is 0 Å². The van der Waals surface area contributed by atoms with Crippen molar-refractivity contribution in [1.82, 2.24) is 0 Å². The summed E-state index contributed by atoms with van der Waals surface area (Å²) in [6.45, 7) is 13.7. The fourth-order valence-corrected chi connectivity index (χ4v) is 0. The maximum absolute atomic E-state index is 3.56. The van der Waals surface area contributed by atoms with Gasteiger partial charge in [0, 0.05) is 0 Å².